The van der Waals surface area contributed by atoms with Gasteiger partial charge in [-0.15, -0.1) is 0 Å². The summed E-state index contributed by atoms with van der Waals surface area (Å²) in [4.78, 5) is 0. The maximum absolute atomic E-state index is 12.4. The van der Waals surface area contributed by atoms with Crippen molar-refractivity contribution in [3.8, 4) is 0 Å². The molecule has 0 amide bonds. The van der Waals surface area contributed by atoms with Gasteiger partial charge < -0.3 is 0 Å². The molecule has 0 radical (unpaired) electrons. The SMILES string of the molecule is O=S(=O)(Cl)C(CF)c1ccccc1. The maximum atomic E-state index is 12.4. The smallest absolute Gasteiger partial charge is 0.242 e. The normalized spacial score (nSPS) is 14.0. The predicted octanol–water partition coefficient (Wildman–Crippen LogP) is 2.27. The van der Waals surface area contributed by atoms with Crippen molar-refractivity contribution >= 4 is 19.7 Å². The van der Waals surface area contributed by atoms with Crippen molar-refractivity contribution in [1.82, 2.24) is 0 Å². The molecule has 72 valence electrons. The summed E-state index contributed by atoms with van der Waals surface area (Å²) in [5.41, 5.74) is 0.375. The highest BCUT2D eigenvalue weighted by Crippen LogP contribution is 2.25. The van der Waals surface area contributed by atoms with Crippen LogP contribution in [0.2, 0.25) is 0 Å². The summed E-state index contributed by atoms with van der Waals surface area (Å²) in [6.45, 7) is -1.00. The lowest BCUT2D eigenvalue weighted by Crippen LogP contribution is -2.09. The van der Waals surface area contributed by atoms with E-state index in [1.807, 2.05) is 0 Å². The van der Waals surface area contributed by atoms with Gasteiger partial charge in [-0.3, -0.25) is 0 Å². The van der Waals surface area contributed by atoms with Crippen LogP contribution in [0.1, 0.15) is 10.8 Å². The molecule has 0 aromatic heterocycles. The number of benzene rings is 1. The highest BCUT2D eigenvalue weighted by Gasteiger charge is 2.24. The molecule has 0 heterocycles. The second-order valence-corrected chi connectivity index (χ2v) is 5.34. The predicted molar refractivity (Wildman–Crippen MR) is 49.9 cm³/mol. The summed E-state index contributed by atoms with van der Waals surface area (Å²) >= 11 is 0. The fourth-order valence-corrected chi connectivity index (χ4v) is 2.08. The molecule has 0 saturated carbocycles. The van der Waals surface area contributed by atoms with Crippen LogP contribution in [0, 0.1) is 0 Å². The van der Waals surface area contributed by atoms with Gasteiger partial charge in [-0.05, 0) is 5.56 Å². The first-order valence-corrected chi connectivity index (χ1v) is 5.97. The molecule has 13 heavy (non-hydrogen) atoms. The topological polar surface area (TPSA) is 34.1 Å². The van der Waals surface area contributed by atoms with Gasteiger partial charge in [0.1, 0.15) is 11.9 Å². The molecular weight excluding hydrogens is 215 g/mol. The summed E-state index contributed by atoms with van der Waals surface area (Å²) < 4.78 is 34.2. The van der Waals surface area contributed by atoms with E-state index in [0.717, 1.165) is 0 Å². The molecule has 0 spiro atoms. The number of alkyl halides is 1. The zero-order valence-corrected chi connectivity index (χ0v) is 8.22. The van der Waals surface area contributed by atoms with Crippen molar-refractivity contribution in [3.05, 3.63) is 35.9 Å². The van der Waals surface area contributed by atoms with Crippen LogP contribution in [0.15, 0.2) is 30.3 Å². The van der Waals surface area contributed by atoms with E-state index < -0.39 is 21.0 Å². The molecule has 0 aliphatic rings. The second-order valence-electron chi connectivity index (χ2n) is 2.53. The zero-order valence-electron chi connectivity index (χ0n) is 6.65. The van der Waals surface area contributed by atoms with E-state index >= 15 is 0 Å². The second kappa shape index (κ2) is 4.07. The minimum Gasteiger partial charge on any atom is -0.249 e. The summed E-state index contributed by atoms with van der Waals surface area (Å²) in [6.07, 6.45) is 0. The molecule has 1 unspecified atom stereocenters. The molecule has 0 N–H and O–H groups in total. The first-order chi connectivity index (χ1) is 6.05. The van der Waals surface area contributed by atoms with Gasteiger partial charge in [0, 0.05) is 10.7 Å². The lowest BCUT2D eigenvalue weighted by molar-refractivity contribution is 0.474. The average molecular weight is 223 g/mol. The molecule has 5 heteroatoms. The fourth-order valence-electron chi connectivity index (χ4n) is 0.995. The largest absolute Gasteiger partial charge is 0.249 e. The summed E-state index contributed by atoms with van der Waals surface area (Å²) in [5.74, 6) is 0. The van der Waals surface area contributed by atoms with Crippen LogP contribution in [-0.4, -0.2) is 15.1 Å². The van der Waals surface area contributed by atoms with Gasteiger partial charge in [0.05, 0.1) is 0 Å². The van der Waals surface area contributed by atoms with Crippen LogP contribution >= 0.6 is 10.7 Å². The minimum absolute atomic E-state index is 0.375. The van der Waals surface area contributed by atoms with Crippen molar-refractivity contribution in [2.24, 2.45) is 0 Å². The molecule has 2 nitrogen and oxygen atoms in total. The van der Waals surface area contributed by atoms with Gasteiger partial charge in [0.15, 0.2) is 0 Å². The minimum atomic E-state index is -3.87. The number of rotatable bonds is 3. The number of hydrogen-bond donors (Lipinski definition) is 0. The Morgan fingerprint density at radius 2 is 1.85 bits per heavy atom. The lowest BCUT2D eigenvalue weighted by atomic mass is 10.2. The Balaban J connectivity index is 3.06. The highest BCUT2D eigenvalue weighted by molar-refractivity contribution is 8.13. The average Bonchev–Trinajstić information content (AvgIpc) is 2.05. The van der Waals surface area contributed by atoms with Crippen molar-refractivity contribution in [2.45, 2.75) is 5.25 Å². The molecule has 1 atom stereocenters. The molecule has 0 aliphatic heterocycles. The first-order valence-electron chi connectivity index (χ1n) is 3.60. The number of hydrogen-bond acceptors (Lipinski definition) is 2. The monoisotopic (exact) mass is 222 g/mol. The molecule has 0 bridgehead atoms. The third kappa shape index (κ3) is 2.67. The van der Waals surface area contributed by atoms with E-state index in [1.54, 1.807) is 18.2 Å². The van der Waals surface area contributed by atoms with Crippen molar-refractivity contribution in [3.63, 3.8) is 0 Å². The maximum Gasteiger partial charge on any atom is 0.242 e. The van der Waals surface area contributed by atoms with Gasteiger partial charge in [0.25, 0.3) is 0 Å². The van der Waals surface area contributed by atoms with Gasteiger partial charge in [0.2, 0.25) is 9.05 Å². The Hall–Kier alpha value is -0.610. The standard InChI is InChI=1S/C8H8ClFO2S/c9-13(11,12)8(6-10)7-4-2-1-3-5-7/h1-5,8H,6H2. The molecule has 0 aliphatic carbocycles. The number of halogens is 2. The van der Waals surface area contributed by atoms with Crippen LogP contribution in [0.25, 0.3) is 0 Å². The summed E-state index contributed by atoms with van der Waals surface area (Å²) in [5, 5.41) is -1.25. The molecule has 0 fully saturated rings. The van der Waals surface area contributed by atoms with E-state index in [2.05, 4.69) is 0 Å². The van der Waals surface area contributed by atoms with Crippen LogP contribution in [-0.2, 0) is 9.05 Å². The lowest BCUT2D eigenvalue weighted by Gasteiger charge is -2.08. The molecular formula is C8H8ClFO2S. The Kier molecular flexibility index (Phi) is 3.27. The van der Waals surface area contributed by atoms with E-state index in [1.165, 1.54) is 12.1 Å². The highest BCUT2D eigenvalue weighted by atomic mass is 35.7. The third-order valence-electron chi connectivity index (χ3n) is 1.65. The van der Waals surface area contributed by atoms with E-state index in [0.29, 0.717) is 5.56 Å². The molecule has 1 aromatic rings. The van der Waals surface area contributed by atoms with E-state index in [-0.39, 0.29) is 0 Å². The first kappa shape index (κ1) is 10.5. The Labute approximate surface area is 80.8 Å². The Bertz CT molecular complexity index is 363. The van der Waals surface area contributed by atoms with E-state index in [4.69, 9.17) is 10.7 Å². The van der Waals surface area contributed by atoms with E-state index in [9.17, 15) is 12.8 Å². The summed E-state index contributed by atoms with van der Waals surface area (Å²) in [6, 6.07) is 8.06. The van der Waals surface area contributed by atoms with Gasteiger partial charge >= 0.3 is 0 Å². The van der Waals surface area contributed by atoms with Crippen molar-refractivity contribution in [2.75, 3.05) is 6.67 Å². The van der Waals surface area contributed by atoms with Gasteiger partial charge in [-0.1, -0.05) is 30.3 Å². The third-order valence-corrected chi connectivity index (χ3v) is 3.37. The summed E-state index contributed by atoms with van der Waals surface area (Å²) in [7, 11) is 1.20. The van der Waals surface area contributed by atoms with Crippen molar-refractivity contribution in [1.29, 1.82) is 0 Å². The Morgan fingerprint density at radius 1 is 1.31 bits per heavy atom. The quantitative estimate of drug-likeness (QED) is 0.736. The molecule has 0 saturated heterocycles. The zero-order chi connectivity index (χ0) is 9.90. The molecule has 1 rings (SSSR count). The Morgan fingerprint density at radius 3 is 2.23 bits per heavy atom. The van der Waals surface area contributed by atoms with Crippen LogP contribution in [0.4, 0.5) is 4.39 Å². The van der Waals surface area contributed by atoms with Crippen LogP contribution in [0.5, 0.6) is 0 Å². The molecule has 1 aromatic carbocycles. The van der Waals surface area contributed by atoms with Gasteiger partial charge in [-0.25, -0.2) is 12.8 Å². The van der Waals surface area contributed by atoms with Crippen LogP contribution in [0.3, 0.4) is 0 Å². The van der Waals surface area contributed by atoms with Gasteiger partial charge in [-0.2, -0.15) is 0 Å². The van der Waals surface area contributed by atoms with Crippen molar-refractivity contribution < 1.29 is 12.8 Å². The van der Waals surface area contributed by atoms with Crippen LogP contribution < -0.4 is 0 Å². The fraction of sp³-hybridized carbons (Fsp3) is 0.250.